The summed E-state index contributed by atoms with van der Waals surface area (Å²) in [7, 11) is 3.74. The fraction of sp³-hybridized carbons (Fsp3) is 0.824. The molecule has 0 amide bonds. The van der Waals surface area contributed by atoms with Gasteiger partial charge in [0.25, 0.3) is 0 Å². The Morgan fingerprint density at radius 3 is 2.85 bits per heavy atom. The fourth-order valence-electron chi connectivity index (χ4n) is 2.92. The van der Waals surface area contributed by atoms with Crippen LogP contribution in [-0.2, 0) is 23.1 Å². The van der Waals surface area contributed by atoms with Gasteiger partial charge in [0.1, 0.15) is 12.4 Å². The summed E-state index contributed by atoms with van der Waals surface area (Å²) >= 11 is 0. The monoisotopic (exact) mass is 480 g/mol. The van der Waals surface area contributed by atoms with Crippen molar-refractivity contribution in [1.29, 1.82) is 0 Å². The van der Waals surface area contributed by atoms with E-state index in [-0.39, 0.29) is 24.0 Å². The highest BCUT2D eigenvalue weighted by Crippen LogP contribution is 2.16. The quantitative estimate of drug-likeness (QED) is 0.251. The average molecular weight is 480 g/mol. The third-order valence-electron chi connectivity index (χ3n) is 4.49. The lowest BCUT2D eigenvalue weighted by molar-refractivity contribution is 0.145. The Hall–Kier alpha value is -0.940. The minimum atomic E-state index is 0. The number of halogens is 1. The van der Waals surface area contributed by atoms with Crippen LogP contribution in [0.4, 0.5) is 0 Å². The molecule has 0 bridgehead atoms. The lowest BCUT2D eigenvalue weighted by atomic mass is 10.1. The summed E-state index contributed by atoms with van der Waals surface area (Å²) < 4.78 is 12.7. The molecule has 9 heteroatoms. The molecule has 1 saturated heterocycles. The summed E-state index contributed by atoms with van der Waals surface area (Å²) in [5.41, 5.74) is 0. The maximum atomic E-state index is 5.41. The molecule has 26 heavy (non-hydrogen) atoms. The number of methoxy groups -OCH3 is 1. The van der Waals surface area contributed by atoms with Crippen molar-refractivity contribution >= 4 is 29.9 Å². The zero-order valence-corrected chi connectivity index (χ0v) is 18.7. The first kappa shape index (κ1) is 23.1. The summed E-state index contributed by atoms with van der Waals surface area (Å²) in [4.78, 5) is 7.10. The van der Waals surface area contributed by atoms with Crippen LogP contribution in [0.25, 0.3) is 0 Å². The van der Waals surface area contributed by atoms with E-state index in [1.807, 2.05) is 25.5 Å². The molecule has 0 aliphatic carbocycles. The molecule has 2 rings (SSSR count). The van der Waals surface area contributed by atoms with E-state index in [0.717, 1.165) is 69.9 Å². The molecule has 1 aromatic heterocycles. The molecule has 0 radical (unpaired) electrons. The van der Waals surface area contributed by atoms with Gasteiger partial charge in [0, 0.05) is 52.9 Å². The van der Waals surface area contributed by atoms with Crippen LogP contribution in [0.3, 0.4) is 0 Å². The lowest BCUT2D eigenvalue weighted by Crippen LogP contribution is -2.41. The van der Waals surface area contributed by atoms with Gasteiger partial charge in [-0.15, -0.1) is 34.2 Å². The number of ether oxygens (including phenoxy) is 2. The Labute approximate surface area is 173 Å². The van der Waals surface area contributed by atoms with Crippen LogP contribution in [-0.4, -0.2) is 72.2 Å². The van der Waals surface area contributed by atoms with Gasteiger partial charge in [-0.1, -0.05) is 0 Å². The maximum absolute atomic E-state index is 5.41. The van der Waals surface area contributed by atoms with Crippen LogP contribution >= 0.6 is 24.0 Å². The molecule has 1 N–H and O–H groups in total. The number of hydrogen-bond acceptors (Lipinski definition) is 5. The van der Waals surface area contributed by atoms with E-state index in [9.17, 15) is 0 Å². The van der Waals surface area contributed by atoms with Crippen LogP contribution in [0.5, 0.6) is 0 Å². The largest absolute Gasteiger partial charge is 0.384 e. The molecule has 1 atom stereocenters. The van der Waals surface area contributed by atoms with Crippen molar-refractivity contribution in [3.63, 3.8) is 0 Å². The van der Waals surface area contributed by atoms with Crippen LogP contribution in [0.15, 0.2) is 4.99 Å². The molecule has 1 fully saturated rings. The first-order chi connectivity index (χ1) is 12.2. The number of nitrogens with one attached hydrogen (secondary N) is 1. The first-order valence-electron chi connectivity index (χ1n) is 9.10. The smallest absolute Gasteiger partial charge is 0.194 e. The van der Waals surface area contributed by atoms with Gasteiger partial charge in [-0.25, -0.2) is 4.99 Å². The second-order valence-corrected chi connectivity index (χ2v) is 6.40. The zero-order chi connectivity index (χ0) is 18.1. The molecule has 0 spiro atoms. The zero-order valence-electron chi connectivity index (χ0n) is 16.4. The van der Waals surface area contributed by atoms with E-state index in [1.165, 1.54) is 0 Å². The van der Waals surface area contributed by atoms with E-state index in [0.29, 0.717) is 12.5 Å². The van der Waals surface area contributed by atoms with Crippen molar-refractivity contribution in [3.05, 3.63) is 11.6 Å². The summed E-state index contributed by atoms with van der Waals surface area (Å²) in [6.45, 7) is 9.65. The number of aryl methyl sites for hydroxylation is 1. The van der Waals surface area contributed by atoms with Crippen molar-refractivity contribution in [3.8, 4) is 0 Å². The van der Waals surface area contributed by atoms with Gasteiger partial charge in [-0.3, -0.25) is 0 Å². The lowest BCUT2D eigenvalue weighted by Gasteiger charge is -2.22. The highest BCUT2D eigenvalue weighted by atomic mass is 127. The Morgan fingerprint density at radius 1 is 1.38 bits per heavy atom. The van der Waals surface area contributed by atoms with Crippen LogP contribution in [0.2, 0.25) is 0 Å². The molecule has 8 nitrogen and oxygen atoms in total. The van der Waals surface area contributed by atoms with Gasteiger partial charge in [0.15, 0.2) is 11.8 Å². The standard InChI is InChI=1S/C17H32N6O2.HI/c1-5-25-10-6-8-18-17(23-9-7-15(12-23)13-24-4)19-11-16-21-20-14(2)22(16)3;/h15H,5-13H2,1-4H3,(H,18,19);1H. The predicted molar refractivity (Wildman–Crippen MR) is 113 cm³/mol. The van der Waals surface area contributed by atoms with Crippen LogP contribution in [0.1, 0.15) is 31.4 Å². The molecule has 0 aromatic carbocycles. The summed E-state index contributed by atoms with van der Waals surface area (Å²) in [6, 6.07) is 0. The van der Waals surface area contributed by atoms with Gasteiger partial charge in [-0.05, 0) is 26.7 Å². The van der Waals surface area contributed by atoms with Gasteiger partial charge < -0.3 is 24.3 Å². The van der Waals surface area contributed by atoms with Crippen molar-refractivity contribution in [1.82, 2.24) is 25.0 Å². The predicted octanol–water partition coefficient (Wildman–Crippen LogP) is 1.58. The molecule has 1 aromatic rings. The number of hydrogen-bond donors (Lipinski definition) is 1. The van der Waals surface area contributed by atoms with Crippen molar-refractivity contribution in [2.45, 2.75) is 33.2 Å². The maximum Gasteiger partial charge on any atom is 0.194 e. The minimum absolute atomic E-state index is 0. The van der Waals surface area contributed by atoms with Crippen LogP contribution < -0.4 is 5.32 Å². The van der Waals surface area contributed by atoms with E-state index < -0.39 is 0 Å². The SMILES string of the molecule is CCOCCCNC(=NCc1nnc(C)n1C)N1CCC(COC)C1.I. The Morgan fingerprint density at radius 2 is 2.19 bits per heavy atom. The number of nitrogens with zero attached hydrogens (tertiary/aromatic N) is 5. The Bertz CT molecular complexity index is 551. The van der Waals surface area contributed by atoms with E-state index in [1.54, 1.807) is 7.11 Å². The van der Waals surface area contributed by atoms with Crippen molar-refractivity contribution < 1.29 is 9.47 Å². The molecule has 1 aliphatic rings. The molecule has 2 heterocycles. The second-order valence-electron chi connectivity index (χ2n) is 6.40. The van der Waals surface area contributed by atoms with Gasteiger partial charge in [0.05, 0.1) is 6.61 Å². The summed E-state index contributed by atoms with van der Waals surface area (Å²) in [5.74, 6) is 3.28. The number of guanidine groups is 1. The number of aromatic nitrogens is 3. The Kier molecular flexibility index (Phi) is 11.1. The highest BCUT2D eigenvalue weighted by Gasteiger charge is 2.24. The third kappa shape index (κ3) is 6.99. The first-order valence-corrected chi connectivity index (χ1v) is 9.10. The van der Waals surface area contributed by atoms with E-state index in [2.05, 4.69) is 20.4 Å². The second kappa shape index (κ2) is 12.4. The number of likely N-dealkylation sites (tertiary alicyclic amines) is 1. The minimum Gasteiger partial charge on any atom is -0.384 e. The van der Waals surface area contributed by atoms with E-state index in [4.69, 9.17) is 14.5 Å². The van der Waals surface area contributed by atoms with Gasteiger partial charge in [-0.2, -0.15) is 0 Å². The van der Waals surface area contributed by atoms with Gasteiger partial charge in [0.2, 0.25) is 0 Å². The summed E-state index contributed by atoms with van der Waals surface area (Å²) in [6.07, 6.45) is 2.10. The molecule has 0 saturated carbocycles. The average Bonchev–Trinajstić information content (AvgIpc) is 3.19. The third-order valence-corrected chi connectivity index (χ3v) is 4.49. The molecule has 1 aliphatic heterocycles. The Balaban J connectivity index is 0.00000338. The summed E-state index contributed by atoms with van der Waals surface area (Å²) in [5, 5.41) is 11.8. The fourth-order valence-corrected chi connectivity index (χ4v) is 2.92. The topological polar surface area (TPSA) is 76.8 Å². The number of rotatable bonds is 9. The van der Waals surface area contributed by atoms with Crippen molar-refractivity contribution in [2.24, 2.45) is 18.0 Å². The van der Waals surface area contributed by atoms with Crippen LogP contribution in [0, 0.1) is 12.8 Å². The normalized spacial score (nSPS) is 17.5. The molecular formula is C17H33IN6O2. The van der Waals surface area contributed by atoms with Crippen molar-refractivity contribution in [2.75, 3.05) is 46.6 Å². The number of aliphatic imine (C=N–C) groups is 1. The highest BCUT2D eigenvalue weighted by molar-refractivity contribution is 14.0. The molecule has 1 unspecified atom stereocenters. The molecule has 150 valence electrons. The molecular weight excluding hydrogens is 447 g/mol. The van der Waals surface area contributed by atoms with E-state index >= 15 is 0 Å². The van der Waals surface area contributed by atoms with Gasteiger partial charge >= 0.3 is 0 Å².